The van der Waals surface area contributed by atoms with Gasteiger partial charge in [-0.05, 0) is 66.9 Å². The number of oxazole rings is 1. The predicted molar refractivity (Wildman–Crippen MR) is 128 cm³/mol. The molecule has 0 spiro atoms. The normalized spacial score (nSPS) is 11.7. The van der Waals surface area contributed by atoms with Crippen molar-refractivity contribution < 1.29 is 4.42 Å². The van der Waals surface area contributed by atoms with Crippen LogP contribution in [0.2, 0.25) is 0 Å². The van der Waals surface area contributed by atoms with E-state index in [0.717, 1.165) is 34.3 Å². The molecule has 6 aromatic rings. The molecular weight excluding hydrogens is 380 g/mol. The summed E-state index contributed by atoms with van der Waals surface area (Å²) in [6.45, 7) is 4.25. The molecule has 4 aromatic carbocycles. The Morgan fingerprint density at radius 3 is 2.10 bits per heavy atom. The van der Waals surface area contributed by atoms with E-state index in [1.165, 1.54) is 27.4 Å². The van der Waals surface area contributed by atoms with E-state index in [4.69, 9.17) is 9.40 Å². The lowest BCUT2D eigenvalue weighted by molar-refractivity contribution is 0.617. The van der Waals surface area contributed by atoms with Crippen LogP contribution in [0.25, 0.3) is 50.0 Å². The number of aromatic nitrogens is 2. The molecule has 2 aromatic heterocycles. The molecule has 0 aliphatic rings. The first kappa shape index (κ1) is 18.0. The van der Waals surface area contributed by atoms with Crippen molar-refractivity contribution >= 4 is 32.9 Å². The second-order valence-electron chi connectivity index (χ2n) is 8.05. The van der Waals surface area contributed by atoms with E-state index < -0.39 is 0 Å². The number of fused-ring (bicyclic) bond motifs is 4. The van der Waals surface area contributed by atoms with E-state index >= 15 is 0 Å². The minimum absolute atomic E-state index is 0.667. The van der Waals surface area contributed by atoms with E-state index in [1.807, 2.05) is 0 Å². The summed E-state index contributed by atoms with van der Waals surface area (Å²) >= 11 is 0. The molecule has 0 aliphatic heterocycles. The van der Waals surface area contributed by atoms with Gasteiger partial charge in [-0.25, -0.2) is 4.98 Å². The predicted octanol–water partition coefficient (Wildman–Crippen LogP) is 7.46. The van der Waals surface area contributed by atoms with E-state index in [2.05, 4.69) is 103 Å². The number of para-hydroxylation sites is 2. The topological polar surface area (TPSA) is 31.0 Å². The lowest BCUT2D eigenvalue weighted by Gasteiger charge is -2.08. The van der Waals surface area contributed by atoms with Gasteiger partial charge in [0.15, 0.2) is 5.58 Å². The van der Waals surface area contributed by atoms with Gasteiger partial charge in [0.05, 0.1) is 11.0 Å². The smallest absolute Gasteiger partial charge is 0.227 e. The van der Waals surface area contributed by atoms with Crippen molar-refractivity contribution in [2.75, 3.05) is 0 Å². The number of nitrogens with zero attached hydrogens (tertiary/aromatic N) is 2. The third-order valence-corrected chi connectivity index (χ3v) is 6.10. The van der Waals surface area contributed by atoms with Gasteiger partial charge >= 0.3 is 0 Å². The summed E-state index contributed by atoms with van der Waals surface area (Å²) in [5, 5.41) is 2.53. The fraction of sp³-hybridized carbons (Fsp3) is 0.107. The largest absolute Gasteiger partial charge is 0.436 e. The summed E-state index contributed by atoms with van der Waals surface area (Å²) in [6, 6.07) is 29.9. The van der Waals surface area contributed by atoms with Crippen molar-refractivity contribution in [1.82, 2.24) is 9.55 Å². The number of hydrogen-bond donors (Lipinski definition) is 0. The summed E-state index contributed by atoms with van der Waals surface area (Å²) < 4.78 is 8.46. The first-order valence-corrected chi connectivity index (χ1v) is 10.7. The number of benzene rings is 4. The van der Waals surface area contributed by atoms with Gasteiger partial charge in [-0.3, -0.25) is 0 Å². The highest BCUT2D eigenvalue weighted by molar-refractivity contribution is 6.09. The molecule has 0 radical (unpaired) electrons. The molecule has 0 amide bonds. The Bertz CT molecular complexity index is 1520. The summed E-state index contributed by atoms with van der Waals surface area (Å²) in [5.41, 5.74) is 8.75. The Morgan fingerprint density at radius 2 is 1.45 bits per heavy atom. The Labute approximate surface area is 180 Å². The summed E-state index contributed by atoms with van der Waals surface area (Å²) in [6.07, 6.45) is 0.993. The van der Waals surface area contributed by atoms with Crippen LogP contribution in [0.1, 0.15) is 18.1 Å². The molecule has 0 aliphatic carbocycles. The molecule has 0 saturated carbocycles. The SMILES string of the molecule is CCc1cc(C)c2oc(-c3ccc(-n4c5ccccc5c5ccccc54)cc3)nc2c1. The Hall–Kier alpha value is -3.85. The van der Waals surface area contributed by atoms with Gasteiger partial charge < -0.3 is 8.98 Å². The molecule has 0 atom stereocenters. The minimum atomic E-state index is 0.667. The van der Waals surface area contributed by atoms with E-state index in [0.29, 0.717) is 5.89 Å². The highest BCUT2D eigenvalue weighted by Gasteiger charge is 2.14. The Kier molecular flexibility index (Phi) is 3.97. The highest BCUT2D eigenvalue weighted by atomic mass is 16.3. The van der Waals surface area contributed by atoms with Crippen LogP contribution in [0, 0.1) is 6.92 Å². The van der Waals surface area contributed by atoms with Crippen molar-refractivity contribution in [2.24, 2.45) is 0 Å². The molecule has 3 heteroatoms. The molecule has 0 unspecified atom stereocenters. The van der Waals surface area contributed by atoms with E-state index in [-0.39, 0.29) is 0 Å². The lowest BCUT2D eigenvalue weighted by Crippen LogP contribution is -1.93. The quantitative estimate of drug-likeness (QED) is 0.307. The fourth-order valence-electron chi connectivity index (χ4n) is 4.55. The van der Waals surface area contributed by atoms with Gasteiger partial charge in [0.25, 0.3) is 0 Å². The maximum atomic E-state index is 6.14. The van der Waals surface area contributed by atoms with Crippen molar-refractivity contribution in [2.45, 2.75) is 20.3 Å². The fourth-order valence-corrected chi connectivity index (χ4v) is 4.55. The van der Waals surface area contributed by atoms with Crippen molar-refractivity contribution in [3.8, 4) is 17.1 Å². The summed E-state index contributed by atoms with van der Waals surface area (Å²) in [7, 11) is 0. The van der Waals surface area contributed by atoms with Gasteiger partial charge in [-0.1, -0.05) is 49.4 Å². The van der Waals surface area contributed by atoms with Crippen LogP contribution < -0.4 is 0 Å². The molecule has 0 saturated heterocycles. The molecular formula is C28H22N2O. The van der Waals surface area contributed by atoms with Crippen LogP contribution in [0.15, 0.2) is 89.3 Å². The average molecular weight is 402 g/mol. The first-order valence-electron chi connectivity index (χ1n) is 10.7. The molecule has 31 heavy (non-hydrogen) atoms. The third-order valence-electron chi connectivity index (χ3n) is 6.10. The molecule has 3 nitrogen and oxygen atoms in total. The first-order chi connectivity index (χ1) is 15.2. The summed E-state index contributed by atoms with van der Waals surface area (Å²) in [5.74, 6) is 0.667. The molecule has 6 rings (SSSR count). The van der Waals surface area contributed by atoms with Gasteiger partial charge in [-0.15, -0.1) is 0 Å². The van der Waals surface area contributed by atoms with E-state index in [1.54, 1.807) is 0 Å². The van der Waals surface area contributed by atoms with Crippen LogP contribution in [-0.4, -0.2) is 9.55 Å². The van der Waals surface area contributed by atoms with Crippen molar-refractivity contribution in [3.63, 3.8) is 0 Å². The molecule has 0 N–H and O–H groups in total. The third kappa shape index (κ3) is 2.77. The van der Waals surface area contributed by atoms with Crippen LogP contribution in [-0.2, 0) is 6.42 Å². The Balaban J connectivity index is 1.48. The highest BCUT2D eigenvalue weighted by Crippen LogP contribution is 2.33. The molecule has 150 valence electrons. The zero-order chi connectivity index (χ0) is 20.9. The molecule has 2 heterocycles. The summed E-state index contributed by atoms with van der Waals surface area (Å²) in [4.78, 5) is 4.77. The monoisotopic (exact) mass is 402 g/mol. The number of hydrogen-bond acceptors (Lipinski definition) is 2. The van der Waals surface area contributed by atoms with Gasteiger partial charge in [-0.2, -0.15) is 0 Å². The van der Waals surface area contributed by atoms with E-state index in [9.17, 15) is 0 Å². The van der Waals surface area contributed by atoms with Gasteiger partial charge in [0, 0.05) is 22.0 Å². The van der Waals surface area contributed by atoms with Crippen molar-refractivity contribution in [1.29, 1.82) is 0 Å². The second-order valence-corrected chi connectivity index (χ2v) is 8.05. The van der Waals surface area contributed by atoms with Gasteiger partial charge in [0.1, 0.15) is 5.52 Å². The number of rotatable bonds is 3. The van der Waals surface area contributed by atoms with Crippen LogP contribution in [0.5, 0.6) is 0 Å². The zero-order valence-electron chi connectivity index (χ0n) is 17.6. The maximum absolute atomic E-state index is 6.14. The molecule has 0 fully saturated rings. The second kappa shape index (κ2) is 6.85. The average Bonchev–Trinajstić information content (AvgIpc) is 3.39. The zero-order valence-corrected chi connectivity index (χ0v) is 17.6. The van der Waals surface area contributed by atoms with Crippen LogP contribution in [0.3, 0.4) is 0 Å². The Morgan fingerprint density at radius 1 is 0.806 bits per heavy atom. The standard InChI is InChI=1S/C28H22N2O/c1-3-19-16-18(2)27-24(17-19)29-28(31-27)20-12-14-21(15-13-20)30-25-10-6-4-8-22(25)23-9-5-7-11-26(23)30/h4-17H,3H2,1-2H3. The number of aryl methyl sites for hydroxylation is 2. The lowest BCUT2D eigenvalue weighted by atomic mass is 10.1. The van der Waals surface area contributed by atoms with Crippen molar-refractivity contribution in [3.05, 3.63) is 96.1 Å². The van der Waals surface area contributed by atoms with Gasteiger partial charge in [0.2, 0.25) is 5.89 Å². The van der Waals surface area contributed by atoms with Crippen LogP contribution in [0.4, 0.5) is 0 Å². The minimum Gasteiger partial charge on any atom is -0.436 e. The maximum Gasteiger partial charge on any atom is 0.227 e. The molecule has 0 bridgehead atoms. The van der Waals surface area contributed by atoms with Crippen LogP contribution >= 0.6 is 0 Å².